The zero-order valence-electron chi connectivity index (χ0n) is 26.9. The number of hydrogen-bond donors (Lipinski definition) is 5. The van der Waals surface area contributed by atoms with E-state index >= 15 is 0 Å². The lowest BCUT2D eigenvalue weighted by Gasteiger charge is -2.36. The van der Waals surface area contributed by atoms with E-state index in [0.717, 1.165) is 46.6 Å². The van der Waals surface area contributed by atoms with Crippen molar-refractivity contribution < 1.29 is 24.5 Å². The number of aliphatic hydroxyl groups is 1. The predicted octanol–water partition coefficient (Wildman–Crippen LogP) is 5.54. The van der Waals surface area contributed by atoms with E-state index in [1.165, 1.54) is 34.4 Å². The number of thioether (sulfide) groups is 1. The van der Waals surface area contributed by atoms with Crippen LogP contribution in [-0.2, 0) is 32.9 Å². The van der Waals surface area contributed by atoms with Crippen LogP contribution in [0.15, 0.2) is 63.6 Å². The molecule has 1 amide bonds. The molecule has 3 unspecified atom stereocenters. The number of H-pyrrole nitrogens is 1. The summed E-state index contributed by atoms with van der Waals surface area (Å²) in [6, 6.07) is 7.05. The van der Waals surface area contributed by atoms with Gasteiger partial charge in [-0.15, -0.1) is 34.4 Å². The summed E-state index contributed by atoms with van der Waals surface area (Å²) in [5, 5.41) is 33.8. The van der Waals surface area contributed by atoms with Crippen LogP contribution < -0.4 is 15.5 Å². The number of anilines is 1. The molecule has 2 aliphatic rings. The number of carbonyl (C=O) groups is 2. The van der Waals surface area contributed by atoms with Gasteiger partial charge in [0.2, 0.25) is 11.5 Å². The summed E-state index contributed by atoms with van der Waals surface area (Å²) in [5.74, 6) is -0.486. The lowest BCUT2D eigenvalue weighted by molar-refractivity contribution is -0.176. The van der Waals surface area contributed by atoms with Gasteiger partial charge in [-0.05, 0) is 72.8 Å². The van der Waals surface area contributed by atoms with Gasteiger partial charge in [-0.25, -0.2) is 9.78 Å². The lowest BCUT2D eigenvalue weighted by Crippen LogP contribution is -2.47. The van der Waals surface area contributed by atoms with E-state index in [1.807, 2.05) is 53.7 Å². The third-order valence-electron chi connectivity index (χ3n) is 8.73. The van der Waals surface area contributed by atoms with Crippen molar-refractivity contribution in [2.75, 3.05) is 25.5 Å². The molecule has 1 aliphatic heterocycles. The molecule has 0 radical (unpaired) electrons. The highest BCUT2D eigenvalue weighted by molar-refractivity contribution is 8.03. The molecule has 0 bridgehead atoms. The van der Waals surface area contributed by atoms with E-state index in [4.69, 9.17) is 4.74 Å². The van der Waals surface area contributed by atoms with Gasteiger partial charge in [0.15, 0.2) is 5.13 Å². The Morgan fingerprint density at radius 1 is 1.27 bits per heavy atom. The largest absolute Gasteiger partial charge is 0.506 e. The molecule has 5 N–H and O–H groups in total. The van der Waals surface area contributed by atoms with Gasteiger partial charge >= 0.3 is 10.8 Å². The molecule has 4 heterocycles. The Hall–Kier alpha value is -3.47. The van der Waals surface area contributed by atoms with Crippen molar-refractivity contribution in [3.05, 3.63) is 84.6 Å². The molecule has 0 spiro atoms. The van der Waals surface area contributed by atoms with Gasteiger partial charge in [0, 0.05) is 30.3 Å². The first-order valence-electron chi connectivity index (χ1n) is 16.1. The van der Waals surface area contributed by atoms with Gasteiger partial charge in [0.25, 0.3) is 0 Å². The first-order valence-corrected chi connectivity index (χ1v) is 19.7. The Morgan fingerprint density at radius 2 is 2.12 bits per heavy atom. The van der Waals surface area contributed by atoms with E-state index in [0.29, 0.717) is 47.9 Å². The number of ether oxygens (including phenoxy) is 1. The number of nitrogens with one attached hydrogen (secondary N) is 3. The summed E-state index contributed by atoms with van der Waals surface area (Å²) in [6.45, 7) is 1.29. The van der Waals surface area contributed by atoms with Gasteiger partial charge < -0.3 is 35.5 Å². The normalized spacial score (nSPS) is 18.0. The smallest absolute Gasteiger partial charge is 0.345 e. The van der Waals surface area contributed by atoms with E-state index in [2.05, 4.69) is 20.6 Å². The standard InChI is InChI=1S/C34H39N5O6S4/c1-39(15-3-8-25(21-6-2-7-21)45-31(42)34(44,26-9-4-16-46-26)27-10-5-17-47-27)19-28(41)37-32-36-23(20-48-32)18-35-14-13-22-11-12-24(40)29-30(22)49-33(43)38-29/h3-5,9,11-12,15-17,20-21,25,27,35,40,44H,2,6-8,10,13-14,18-19H2,1H3,(H,38,43)(H,36,37,41)/b15-3+. The number of carbonyl (C=O) groups excluding carboxylic acids is 2. The second-order valence-corrected chi connectivity index (χ2v) is 16.1. The number of fused-ring (bicyclic) bond motifs is 1. The number of benzene rings is 1. The molecule has 3 atom stereocenters. The number of rotatable bonds is 16. The van der Waals surface area contributed by atoms with Crippen molar-refractivity contribution in [3.63, 3.8) is 0 Å². The fraction of sp³-hybridized carbons (Fsp3) is 0.412. The van der Waals surface area contributed by atoms with Crippen LogP contribution in [-0.4, -0.2) is 68.4 Å². The van der Waals surface area contributed by atoms with Crippen molar-refractivity contribution >= 4 is 73.0 Å². The number of phenols is 1. The van der Waals surface area contributed by atoms with E-state index in [9.17, 15) is 24.6 Å². The number of thiophene rings is 1. The van der Waals surface area contributed by atoms with Crippen LogP contribution in [0.4, 0.5) is 5.13 Å². The van der Waals surface area contributed by atoms with Crippen molar-refractivity contribution in [1.29, 1.82) is 0 Å². The highest BCUT2D eigenvalue weighted by atomic mass is 32.2. The molecule has 49 heavy (non-hydrogen) atoms. The number of aromatic nitrogens is 2. The monoisotopic (exact) mass is 741 g/mol. The molecule has 4 aromatic rings. The molecular weight excluding hydrogens is 703 g/mol. The van der Waals surface area contributed by atoms with E-state index in [-0.39, 0.29) is 40.3 Å². The SMILES string of the molecule is CN(/C=C/CC(OC(=O)C(O)(c1cccs1)C1CC=CS1)C1CCC1)CC(=O)Nc1nc(CNCCc2ccc(O)c3[nH]c(=O)sc23)cs1. The van der Waals surface area contributed by atoms with Gasteiger partial charge in [0.1, 0.15) is 17.4 Å². The molecule has 1 aliphatic carbocycles. The molecule has 260 valence electrons. The number of aromatic hydroxyl groups is 1. The number of phenolic OH excluding ortho intramolecular Hbond substituents is 1. The Balaban J connectivity index is 0.952. The average molecular weight is 742 g/mol. The molecule has 1 saturated carbocycles. The summed E-state index contributed by atoms with van der Waals surface area (Å²) < 4.78 is 6.84. The molecule has 3 aromatic heterocycles. The highest BCUT2D eigenvalue weighted by Crippen LogP contribution is 2.43. The first kappa shape index (κ1) is 35.4. The number of thiazole rings is 2. The van der Waals surface area contributed by atoms with Gasteiger partial charge in [-0.2, -0.15) is 0 Å². The maximum Gasteiger partial charge on any atom is 0.345 e. The first-order chi connectivity index (χ1) is 23.7. The van der Waals surface area contributed by atoms with E-state index in [1.54, 1.807) is 17.0 Å². The molecule has 11 nitrogen and oxygen atoms in total. The molecule has 0 saturated heterocycles. The fourth-order valence-electron chi connectivity index (χ4n) is 5.88. The summed E-state index contributed by atoms with van der Waals surface area (Å²) >= 11 is 5.27. The van der Waals surface area contributed by atoms with Crippen LogP contribution in [0.3, 0.4) is 0 Å². The second-order valence-electron chi connectivity index (χ2n) is 12.2. The number of allylic oxidation sites excluding steroid dienone is 1. The Kier molecular flexibility index (Phi) is 11.6. The molecule has 1 aromatic carbocycles. The van der Waals surface area contributed by atoms with Gasteiger partial charge in [-0.3, -0.25) is 9.59 Å². The van der Waals surface area contributed by atoms with E-state index < -0.39 is 11.6 Å². The van der Waals surface area contributed by atoms with Crippen molar-refractivity contribution in [2.24, 2.45) is 5.92 Å². The maximum atomic E-state index is 13.6. The van der Waals surface area contributed by atoms with Crippen LogP contribution in [0.5, 0.6) is 5.75 Å². The van der Waals surface area contributed by atoms with Crippen molar-refractivity contribution in [1.82, 2.24) is 20.2 Å². The number of esters is 1. The topological polar surface area (TPSA) is 157 Å². The average Bonchev–Trinajstić information content (AvgIpc) is 3.87. The van der Waals surface area contributed by atoms with Crippen LogP contribution in [0.1, 0.15) is 48.2 Å². The van der Waals surface area contributed by atoms with Crippen LogP contribution in [0.2, 0.25) is 0 Å². The predicted molar refractivity (Wildman–Crippen MR) is 197 cm³/mol. The third-order valence-corrected chi connectivity index (χ3v) is 12.7. The van der Waals surface area contributed by atoms with Crippen molar-refractivity contribution in [2.45, 2.75) is 62.0 Å². The Labute approximate surface area is 300 Å². The summed E-state index contributed by atoms with van der Waals surface area (Å²) in [5.41, 5.74) is 0.552. The summed E-state index contributed by atoms with van der Waals surface area (Å²) in [6.07, 6.45) is 10.2. The number of likely N-dealkylation sites (N-methyl/N-ethyl adjacent to an activating group) is 1. The number of aromatic amines is 1. The minimum Gasteiger partial charge on any atom is -0.506 e. The zero-order chi connectivity index (χ0) is 34.4. The Bertz CT molecular complexity index is 1860. The van der Waals surface area contributed by atoms with Crippen LogP contribution in [0, 0.1) is 5.92 Å². The highest BCUT2D eigenvalue weighted by Gasteiger charge is 2.50. The summed E-state index contributed by atoms with van der Waals surface area (Å²) in [4.78, 5) is 47.5. The molecule has 1 fully saturated rings. The van der Waals surface area contributed by atoms with Gasteiger partial charge in [-0.1, -0.05) is 42.0 Å². The van der Waals surface area contributed by atoms with Crippen LogP contribution >= 0.6 is 45.8 Å². The number of amides is 1. The number of hydrogen-bond acceptors (Lipinski definition) is 13. The Morgan fingerprint density at radius 3 is 2.86 bits per heavy atom. The fourth-order valence-corrected chi connectivity index (χ4v) is 9.50. The van der Waals surface area contributed by atoms with Crippen molar-refractivity contribution in [3.8, 4) is 5.75 Å². The second kappa shape index (κ2) is 16.0. The van der Waals surface area contributed by atoms with Gasteiger partial charge in [0.05, 0.1) is 22.2 Å². The third kappa shape index (κ3) is 8.47. The summed E-state index contributed by atoms with van der Waals surface area (Å²) in [7, 11) is 1.81. The maximum absolute atomic E-state index is 13.6. The molecule has 6 rings (SSSR count). The minimum absolute atomic E-state index is 0.0662. The molecular formula is C34H39N5O6S4. The number of nitrogens with zero attached hydrogens (tertiary/aromatic N) is 2. The van der Waals surface area contributed by atoms with Crippen LogP contribution in [0.25, 0.3) is 10.2 Å². The quantitative estimate of drug-likeness (QED) is 0.0730. The zero-order valence-corrected chi connectivity index (χ0v) is 30.2. The lowest BCUT2D eigenvalue weighted by atomic mass is 9.80. The minimum atomic E-state index is -1.71. The molecule has 15 heteroatoms.